The highest BCUT2D eigenvalue weighted by Gasteiger charge is 2.15. The van der Waals surface area contributed by atoms with E-state index >= 15 is 0 Å². The molecular formula is C19H23NO3. The predicted molar refractivity (Wildman–Crippen MR) is 92.3 cm³/mol. The first-order chi connectivity index (χ1) is 10.9. The molecule has 0 saturated heterocycles. The normalized spacial score (nSPS) is 10.9. The van der Waals surface area contributed by atoms with Crippen molar-refractivity contribution in [1.82, 2.24) is 0 Å². The van der Waals surface area contributed by atoms with Gasteiger partial charge < -0.3 is 15.2 Å². The van der Waals surface area contributed by atoms with E-state index in [9.17, 15) is 4.79 Å². The Morgan fingerprint density at radius 1 is 0.870 bits per heavy atom. The zero-order chi connectivity index (χ0) is 17.0. The van der Waals surface area contributed by atoms with Gasteiger partial charge in [0.2, 0.25) is 0 Å². The number of carbonyl (C=O) groups excluding carboxylic acids is 1. The molecule has 23 heavy (non-hydrogen) atoms. The first-order valence-corrected chi connectivity index (χ1v) is 7.74. The summed E-state index contributed by atoms with van der Waals surface area (Å²) in [6.45, 7) is 7.77. The van der Waals surface area contributed by atoms with Crippen LogP contribution in [-0.4, -0.2) is 18.0 Å². The molecule has 0 aliphatic heterocycles. The lowest BCUT2D eigenvalue weighted by atomic mass is 10.0. The number of nitrogen functional groups attached to an aromatic ring is 1. The highest BCUT2D eigenvalue weighted by Crippen LogP contribution is 2.31. The van der Waals surface area contributed by atoms with Crippen molar-refractivity contribution in [2.24, 2.45) is 0 Å². The summed E-state index contributed by atoms with van der Waals surface area (Å²) in [4.78, 5) is 12.6. The molecule has 0 fully saturated rings. The average Bonchev–Trinajstić information content (AvgIpc) is 2.47. The van der Waals surface area contributed by atoms with E-state index in [2.05, 4.69) is 0 Å². The van der Waals surface area contributed by atoms with Crippen LogP contribution < -0.4 is 15.2 Å². The van der Waals surface area contributed by atoms with Gasteiger partial charge in [0, 0.05) is 16.8 Å². The first kappa shape index (κ1) is 16.9. The number of ketones is 1. The van der Waals surface area contributed by atoms with Crippen LogP contribution in [0.25, 0.3) is 0 Å². The number of ether oxygens (including phenoxy) is 2. The standard InChI is InChI=1S/C19H23NO3/c1-12(2)22-17-9-8-15(11-18(17)23-13(3)4)19(21)14-6-5-7-16(20)10-14/h5-13H,20H2,1-4H3. The van der Waals surface area contributed by atoms with Crippen molar-refractivity contribution < 1.29 is 14.3 Å². The van der Waals surface area contributed by atoms with Crippen molar-refractivity contribution in [3.05, 3.63) is 53.6 Å². The minimum Gasteiger partial charge on any atom is -0.487 e. The van der Waals surface area contributed by atoms with Gasteiger partial charge in [-0.1, -0.05) is 12.1 Å². The second kappa shape index (κ2) is 7.18. The molecule has 0 heterocycles. The summed E-state index contributed by atoms with van der Waals surface area (Å²) in [6.07, 6.45) is 0.0159. The van der Waals surface area contributed by atoms with E-state index in [0.29, 0.717) is 28.3 Å². The van der Waals surface area contributed by atoms with Crippen LogP contribution in [0.3, 0.4) is 0 Å². The van der Waals surface area contributed by atoms with Crippen molar-refractivity contribution in [2.45, 2.75) is 39.9 Å². The summed E-state index contributed by atoms with van der Waals surface area (Å²) in [5.41, 5.74) is 7.41. The van der Waals surface area contributed by atoms with Crippen LogP contribution in [0.5, 0.6) is 11.5 Å². The molecule has 2 aromatic rings. The Morgan fingerprint density at radius 2 is 1.48 bits per heavy atom. The fourth-order valence-electron chi connectivity index (χ4n) is 2.19. The van der Waals surface area contributed by atoms with Crippen LogP contribution in [0.4, 0.5) is 5.69 Å². The van der Waals surface area contributed by atoms with Crippen LogP contribution >= 0.6 is 0 Å². The zero-order valence-electron chi connectivity index (χ0n) is 14.0. The Morgan fingerprint density at radius 3 is 2.09 bits per heavy atom. The summed E-state index contributed by atoms with van der Waals surface area (Å²) in [7, 11) is 0. The van der Waals surface area contributed by atoms with E-state index in [4.69, 9.17) is 15.2 Å². The van der Waals surface area contributed by atoms with Gasteiger partial charge in [0.25, 0.3) is 0 Å². The number of hydrogen-bond donors (Lipinski definition) is 1. The summed E-state index contributed by atoms with van der Waals surface area (Å²) in [5.74, 6) is 1.11. The smallest absolute Gasteiger partial charge is 0.193 e. The highest BCUT2D eigenvalue weighted by atomic mass is 16.5. The maximum absolute atomic E-state index is 12.6. The Kier molecular flexibility index (Phi) is 5.27. The molecule has 0 saturated carbocycles. The molecule has 0 aromatic heterocycles. The summed E-state index contributed by atoms with van der Waals surface area (Å²) >= 11 is 0. The van der Waals surface area contributed by atoms with Gasteiger partial charge in [-0.3, -0.25) is 4.79 Å². The molecule has 2 aromatic carbocycles. The Balaban J connectivity index is 2.37. The Hall–Kier alpha value is -2.49. The highest BCUT2D eigenvalue weighted by molar-refractivity contribution is 6.09. The second-order valence-corrected chi connectivity index (χ2v) is 5.95. The van der Waals surface area contributed by atoms with Crippen molar-refractivity contribution >= 4 is 11.5 Å². The number of carbonyl (C=O) groups is 1. The van der Waals surface area contributed by atoms with Gasteiger partial charge in [-0.15, -0.1) is 0 Å². The monoisotopic (exact) mass is 313 g/mol. The van der Waals surface area contributed by atoms with Gasteiger partial charge in [-0.2, -0.15) is 0 Å². The molecule has 4 heteroatoms. The quantitative estimate of drug-likeness (QED) is 0.645. The molecule has 0 amide bonds. The third kappa shape index (κ3) is 4.49. The number of benzene rings is 2. The van der Waals surface area contributed by atoms with Gasteiger partial charge in [0.1, 0.15) is 0 Å². The minimum atomic E-state index is -0.0954. The molecular weight excluding hydrogens is 290 g/mol. The van der Waals surface area contributed by atoms with E-state index in [-0.39, 0.29) is 18.0 Å². The fourth-order valence-corrected chi connectivity index (χ4v) is 2.19. The van der Waals surface area contributed by atoms with Gasteiger partial charge in [-0.25, -0.2) is 0 Å². The molecule has 122 valence electrons. The van der Waals surface area contributed by atoms with Gasteiger partial charge >= 0.3 is 0 Å². The molecule has 0 aliphatic carbocycles. The van der Waals surface area contributed by atoms with Crippen molar-refractivity contribution in [2.75, 3.05) is 5.73 Å². The predicted octanol–water partition coefficient (Wildman–Crippen LogP) is 4.07. The molecule has 0 bridgehead atoms. The van der Waals surface area contributed by atoms with Crippen molar-refractivity contribution in [3.63, 3.8) is 0 Å². The summed E-state index contributed by atoms with van der Waals surface area (Å²) in [5, 5.41) is 0. The molecule has 2 N–H and O–H groups in total. The van der Waals surface area contributed by atoms with Crippen LogP contribution in [0.1, 0.15) is 43.6 Å². The third-order valence-electron chi connectivity index (χ3n) is 3.08. The molecule has 4 nitrogen and oxygen atoms in total. The number of nitrogens with two attached hydrogens (primary N) is 1. The van der Waals surface area contributed by atoms with Crippen molar-refractivity contribution in [3.8, 4) is 11.5 Å². The third-order valence-corrected chi connectivity index (χ3v) is 3.08. The lowest BCUT2D eigenvalue weighted by molar-refractivity contribution is 0.103. The topological polar surface area (TPSA) is 61.5 Å². The molecule has 0 aliphatic rings. The Bertz CT molecular complexity index is 693. The van der Waals surface area contributed by atoms with Gasteiger partial charge in [0.05, 0.1) is 12.2 Å². The molecule has 0 radical (unpaired) electrons. The molecule has 0 atom stereocenters. The zero-order valence-corrected chi connectivity index (χ0v) is 14.0. The van der Waals surface area contributed by atoms with Crippen molar-refractivity contribution in [1.29, 1.82) is 0 Å². The van der Waals surface area contributed by atoms with E-state index in [1.807, 2.05) is 27.7 Å². The largest absolute Gasteiger partial charge is 0.487 e. The summed E-state index contributed by atoms with van der Waals surface area (Å²) in [6, 6.07) is 12.2. The number of anilines is 1. The van der Waals surface area contributed by atoms with E-state index < -0.39 is 0 Å². The summed E-state index contributed by atoms with van der Waals surface area (Å²) < 4.78 is 11.5. The minimum absolute atomic E-state index is 0.0118. The maximum Gasteiger partial charge on any atom is 0.193 e. The van der Waals surface area contributed by atoms with E-state index in [0.717, 1.165) is 0 Å². The van der Waals surface area contributed by atoms with E-state index in [1.54, 1.807) is 42.5 Å². The van der Waals surface area contributed by atoms with E-state index in [1.165, 1.54) is 0 Å². The molecule has 0 spiro atoms. The van der Waals surface area contributed by atoms with Crippen LogP contribution in [0.15, 0.2) is 42.5 Å². The lowest BCUT2D eigenvalue weighted by Gasteiger charge is -2.17. The average molecular weight is 313 g/mol. The number of hydrogen-bond acceptors (Lipinski definition) is 4. The van der Waals surface area contributed by atoms with Crippen LogP contribution in [-0.2, 0) is 0 Å². The fraction of sp³-hybridized carbons (Fsp3) is 0.316. The first-order valence-electron chi connectivity index (χ1n) is 7.74. The van der Waals surface area contributed by atoms with Crippen LogP contribution in [0.2, 0.25) is 0 Å². The van der Waals surface area contributed by atoms with Crippen LogP contribution in [0, 0.1) is 0 Å². The molecule has 0 unspecified atom stereocenters. The number of rotatable bonds is 6. The maximum atomic E-state index is 12.6. The van der Waals surface area contributed by atoms with Gasteiger partial charge in [-0.05, 0) is 58.0 Å². The molecule has 2 rings (SSSR count). The van der Waals surface area contributed by atoms with Gasteiger partial charge in [0.15, 0.2) is 17.3 Å². The Labute approximate surface area is 137 Å². The second-order valence-electron chi connectivity index (χ2n) is 5.95. The lowest BCUT2D eigenvalue weighted by Crippen LogP contribution is -2.12. The SMILES string of the molecule is CC(C)Oc1ccc(C(=O)c2cccc(N)c2)cc1OC(C)C.